The Morgan fingerprint density at radius 2 is 1.71 bits per heavy atom. The van der Waals surface area contributed by atoms with Gasteiger partial charge in [-0.1, -0.05) is 32.6 Å². The average Bonchev–Trinajstić information content (AvgIpc) is 2.50. The zero-order valence-electron chi connectivity index (χ0n) is 12.9. The SMILES string of the molecule is C#CCOC(=O)c1cc(CCCC)c(O)c(CCCC)c1. The number of carbonyl (C=O) groups is 1. The van der Waals surface area contributed by atoms with E-state index in [2.05, 4.69) is 19.8 Å². The second-order valence-corrected chi connectivity index (χ2v) is 5.13. The van der Waals surface area contributed by atoms with Crippen molar-refractivity contribution in [3.05, 3.63) is 28.8 Å². The van der Waals surface area contributed by atoms with E-state index in [9.17, 15) is 9.90 Å². The van der Waals surface area contributed by atoms with Gasteiger partial charge in [0.05, 0.1) is 5.56 Å². The molecule has 0 spiro atoms. The first-order chi connectivity index (χ1) is 10.1. The van der Waals surface area contributed by atoms with Gasteiger partial charge in [0.1, 0.15) is 5.75 Å². The predicted octanol–water partition coefficient (Wildman–Crippen LogP) is 3.87. The van der Waals surface area contributed by atoms with Gasteiger partial charge in [-0.3, -0.25) is 0 Å². The van der Waals surface area contributed by atoms with Crippen LogP contribution in [0, 0.1) is 12.3 Å². The van der Waals surface area contributed by atoms with Crippen LogP contribution >= 0.6 is 0 Å². The Labute approximate surface area is 127 Å². The van der Waals surface area contributed by atoms with E-state index in [1.807, 2.05) is 0 Å². The molecular weight excluding hydrogens is 264 g/mol. The number of phenols is 1. The summed E-state index contributed by atoms with van der Waals surface area (Å²) >= 11 is 0. The number of unbranched alkanes of at least 4 members (excludes halogenated alkanes) is 2. The monoisotopic (exact) mass is 288 g/mol. The highest BCUT2D eigenvalue weighted by Crippen LogP contribution is 2.28. The molecule has 0 radical (unpaired) electrons. The van der Waals surface area contributed by atoms with Crippen LogP contribution in [0.4, 0.5) is 0 Å². The standard InChI is InChI=1S/C18H24O3/c1-4-7-9-14-12-16(18(20)21-11-6-3)13-15(17(14)19)10-8-5-2/h3,12-13,19H,4-5,7-11H2,1-2H3. The fraction of sp³-hybridized carbons (Fsp3) is 0.500. The van der Waals surface area contributed by atoms with Crippen molar-refractivity contribution in [2.45, 2.75) is 52.4 Å². The molecule has 3 heteroatoms. The van der Waals surface area contributed by atoms with Gasteiger partial charge in [-0.15, -0.1) is 6.42 Å². The van der Waals surface area contributed by atoms with E-state index < -0.39 is 5.97 Å². The van der Waals surface area contributed by atoms with E-state index in [0.717, 1.165) is 49.7 Å². The Morgan fingerprint density at radius 1 is 1.19 bits per heavy atom. The molecule has 1 rings (SSSR count). The van der Waals surface area contributed by atoms with Gasteiger partial charge in [-0.25, -0.2) is 4.79 Å². The van der Waals surface area contributed by atoms with Crippen LogP contribution in [0.15, 0.2) is 12.1 Å². The molecule has 0 saturated heterocycles. The first-order valence-electron chi connectivity index (χ1n) is 7.59. The van der Waals surface area contributed by atoms with Crippen LogP contribution < -0.4 is 0 Å². The molecule has 0 saturated carbocycles. The lowest BCUT2D eigenvalue weighted by Crippen LogP contribution is -2.07. The molecule has 1 aromatic carbocycles. The minimum Gasteiger partial charge on any atom is -0.507 e. The number of ether oxygens (including phenoxy) is 1. The molecule has 0 atom stereocenters. The summed E-state index contributed by atoms with van der Waals surface area (Å²) in [5.74, 6) is 2.18. The first-order valence-corrected chi connectivity index (χ1v) is 7.59. The Morgan fingerprint density at radius 3 is 2.14 bits per heavy atom. The molecular formula is C18H24O3. The van der Waals surface area contributed by atoms with Crippen LogP contribution in [0.3, 0.4) is 0 Å². The maximum atomic E-state index is 12.0. The Bertz CT molecular complexity index is 483. The maximum absolute atomic E-state index is 12.0. The van der Waals surface area contributed by atoms with Crippen LogP contribution in [0.5, 0.6) is 5.75 Å². The number of benzene rings is 1. The molecule has 0 aliphatic rings. The van der Waals surface area contributed by atoms with E-state index in [1.165, 1.54) is 0 Å². The average molecular weight is 288 g/mol. The number of hydrogen-bond donors (Lipinski definition) is 1. The highest BCUT2D eigenvalue weighted by atomic mass is 16.5. The molecule has 114 valence electrons. The zero-order valence-corrected chi connectivity index (χ0v) is 12.9. The molecule has 1 aromatic rings. The summed E-state index contributed by atoms with van der Waals surface area (Å²) in [6, 6.07) is 3.44. The van der Waals surface area contributed by atoms with Crippen molar-refractivity contribution in [2.24, 2.45) is 0 Å². The van der Waals surface area contributed by atoms with E-state index in [1.54, 1.807) is 12.1 Å². The number of hydrogen-bond acceptors (Lipinski definition) is 3. The quantitative estimate of drug-likeness (QED) is 0.583. The van der Waals surface area contributed by atoms with Crippen LogP contribution in [-0.2, 0) is 17.6 Å². The van der Waals surface area contributed by atoms with Gasteiger partial charge in [0.2, 0.25) is 0 Å². The fourth-order valence-electron chi connectivity index (χ4n) is 2.18. The molecule has 0 fully saturated rings. The summed E-state index contributed by atoms with van der Waals surface area (Å²) in [5, 5.41) is 10.3. The summed E-state index contributed by atoms with van der Waals surface area (Å²) in [7, 11) is 0. The van der Waals surface area contributed by atoms with Crippen LogP contribution in [0.1, 0.15) is 61.0 Å². The number of rotatable bonds is 8. The Hall–Kier alpha value is -1.95. The largest absolute Gasteiger partial charge is 0.507 e. The minimum atomic E-state index is -0.427. The normalized spacial score (nSPS) is 10.1. The van der Waals surface area contributed by atoms with Gasteiger partial charge in [0.25, 0.3) is 0 Å². The van der Waals surface area contributed by atoms with E-state index in [-0.39, 0.29) is 6.61 Å². The van der Waals surface area contributed by atoms with Gasteiger partial charge < -0.3 is 9.84 Å². The van der Waals surface area contributed by atoms with Crippen LogP contribution in [0.2, 0.25) is 0 Å². The number of phenolic OH excluding ortho intramolecular Hbond substituents is 1. The highest BCUT2D eigenvalue weighted by Gasteiger charge is 2.14. The van der Waals surface area contributed by atoms with E-state index in [0.29, 0.717) is 11.3 Å². The molecule has 3 nitrogen and oxygen atoms in total. The second-order valence-electron chi connectivity index (χ2n) is 5.13. The third kappa shape index (κ3) is 5.15. The second kappa shape index (κ2) is 9.07. The molecule has 0 bridgehead atoms. The third-order valence-electron chi connectivity index (χ3n) is 3.39. The molecule has 1 N–H and O–H groups in total. The Kier molecular flexibility index (Phi) is 7.39. The number of aryl methyl sites for hydroxylation is 2. The summed E-state index contributed by atoms with van der Waals surface area (Å²) in [5.41, 5.74) is 2.11. The van der Waals surface area contributed by atoms with Crippen molar-refractivity contribution in [3.63, 3.8) is 0 Å². The third-order valence-corrected chi connectivity index (χ3v) is 3.39. The highest BCUT2D eigenvalue weighted by molar-refractivity contribution is 5.90. The molecule has 0 amide bonds. The number of terminal acetylenes is 1. The van der Waals surface area contributed by atoms with Gasteiger partial charge in [-0.05, 0) is 48.9 Å². The molecule has 21 heavy (non-hydrogen) atoms. The van der Waals surface area contributed by atoms with E-state index >= 15 is 0 Å². The van der Waals surface area contributed by atoms with Crippen molar-refractivity contribution in [1.29, 1.82) is 0 Å². The number of carbonyl (C=O) groups excluding carboxylic acids is 1. The molecule has 0 aliphatic heterocycles. The van der Waals surface area contributed by atoms with E-state index in [4.69, 9.17) is 11.2 Å². The molecule has 0 aromatic heterocycles. The molecule has 0 aliphatic carbocycles. The van der Waals surface area contributed by atoms with Crippen molar-refractivity contribution < 1.29 is 14.6 Å². The van der Waals surface area contributed by atoms with Gasteiger partial charge in [0, 0.05) is 0 Å². The van der Waals surface area contributed by atoms with Crippen molar-refractivity contribution in [3.8, 4) is 18.1 Å². The molecule has 0 unspecified atom stereocenters. The summed E-state index contributed by atoms with van der Waals surface area (Å²) < 4.78 is 4.98. The van der Waals surface area contributed by atoms with Gasteiger partial charge in [-0.2, -0.15) is 0 Å². The topological polar surface area (TPSA) is 46.5 Å². The van der Waals surface area contributed by atoms with Crippen molar-refractivity contribution in [1.82, 2.24) is 0 Å². The first kappa shape index (κ1) is 17.1. The van der Waals surface area contributed by atoms with Crippen LogP contribution in [0.25, 0.3) is 0 Å². The Balaban J connectivity index is 3.06. The minimum absolute atomic E-state index is 0.0334. The lowest BCUT2D eigenvalue weighted by Gasteiger charge is -2.12. The van der Waals surface area contributed by atoms with Gasteiger partial charge in [0.15, 0.2) is 6.61 Å². The molecule has 0 heterocycles. The maximum Gasteiger partial charge on any atom is 0.339 e. The predicted molar refractivity (Wildman–Crippen MR) is 84.4 cm³/mol. The van der Waals surface area contributed by atoms with Crippen LogP contribution in [-0.4, -0.2) is 17.7 Å². The van der Waals surface area contributed by atoms with Crippen molar-refractivity contribution in [2.75, 3.05) is 6.61 Å². The lowest BCUT2D eigenvalue weighted by atomic mass is 9.97. The zero-order chi connectivity index (χ0) is 15.7. The van der Waals surface area contributed by atoms with Gasteiger partial charge >= 0.3 is 5.97 Å². The lowest BCUT2D eigenvalue weighted by molar-refractivity contribution is 0.0556. The smallest absolute Gasteiger partial charge is 0.339 e. The van der Waals surface area contributed by atoms with Crippen molar-refractivity contribution >= 4 is 5.97 Å². The summed E-state index contributed by atoms with van der Waals surface area (Å²) in [6.45, 7) is 4.16. The summed E-state index contributed by atoms with van der Waals surface area (Å²) in [6.07, 6.45) is 10.7. The number of aromatic hydroxyl groups is 1. The fourth-order valence-corrected chi connectivity index (χ4v) is 2.18. The summed E-state index contributed by atoms with van der Waals surface area (Å²) in [4.78, 5) is 12.0. The number of esters is 1.